The Hall–Kier alpha value is -1.65. The first-order chi connectivity index (χ1) is 8.77. The minimum absolute atomic E-state index is 0.143. The molecule has 0 amide bonds. The number of aryl methyl sites for hydroxylation is 1. The second-order valence-corrected chi connectivity index (χ2v) is 4.22. The van der Waals surface area contributed by atoms with Crippen molar-refractivity contribution in [2.75, 3.05) is 6.54 Å². The Balaban J connectivity index is 2.28. The first-order valence-corrected chi connectivity index (χ1v) is 6.12. The number of aliphatic hydroxyl groups excluding tert-OH is 1. The van der Waals surface area contributed by atoms with Gasteiger partial charge in [-0.2, -0.15) is 0 Å². The maximum atomic E-state index is 10.5. The summed E-state index contributed by atoms with van der Waals surface area (Å²) in [6.45, 7) is 2.37. The molecule has 0 aliphatic rings. The van der Waals surface area contributed by atoms with Crippen LogP contribution in [0.5, 0.6) is 0 Å². The van der Waals surface area contributed by atoms with Gasteiger partial charge >= 0.3 is 0 Å². The van der Waals surface area contributed by atoms with Crippen LogP contribution in [-0.4, -0.2) is 16.6 Å². The van der Waals surface area contributed by atoms with Gasteiger partial charge in [0, 0.05) is 36.8 Å². The van der Waals surface area contributed by atoms with Gasteiger partial charge in [0.15, 0.2) is 0 Å². The lowest BCUT2D eigenvalue weighted by Gasteiger charge is -2.21. The first kappa shape index (κ1) is 12.8. The van der Waals surface area contributed by atoms with Crippen LogP contribution in [0.3, 0.4) is 0 Å². The zero-order chi connectivity index (χ0) is 13.0. The Morgan fingerprint density at radius 2 is 2.06 bits per heavy atom. The molecule has 2 unspecified atom stereocenters. The van der Waals surface area contributed by atoms with E-state index in [1.165, 1.54) is 0 Å². The molecule has 0 saturated heterocycles. The summed E-state index contributed by atoms with van der Waals surface area (Å²) in [5.74, 6) is 0.672. The Labute approximate surface area is 106 Å². The number of rotatable bonds is 5. The molecule has 2 aromatic rings. The second kappa shape index (κ2) is 5.80. The first-order valence-electron chi connectivity index (χ1n) is 6.12. The van der Waals surface area contributed by atoms with Crippen molar-refractivity contribution in [2.24, 2.45) is 5.73 Å². The van der Waals surface area contributed by atoms with E-state index in [1.54, 1.807) is 18.7 Å². The number of furan rings is 1. The third-order valence-corrected chi connectivity index (χ3v) is 3.19. The lowest BCUT2D eigenvalue weighted by molar-refractivity contribution is 0.145. The molecule has 0 radical (unpaired) electrons. The highest BCUT2D eigenvalue weighted by molar-refractivity contribution is 5.27. The molecule has 4 nitrogen and oxygen atoms in total. The molecule has 18 heavy (non-hydrogen) atoms. The molecule has 96 valence electrons. The quantitative estimate of drug-likeness (QED) is 0.846. The van der Waals surface area contributed by atoms with Gasteiger partial charge in [0.1, 0.15) is 5.76 Å². The number of nitrogens with two attached hydrogens (primary N) is 1. The fourth-order valence-electron chi connectivity index (χ4n) is 2.18. The smallest absolute Gasteiger partial charge is 0.109 e. The highest BCUT2D eigenvalue weighted by Crippen LogP contribution is 2.32. The zero-order valence-electron chi connectivity index (χ0n) is 10.4. The average Bonchev–Trinajstić information content (AvgIpc) is 2.89. The van der Waals surface area contributed by atoms with Crippen LogP contribution in [0.1, 0.15) is 35.8 Å². The fraction of sp³-hybridized carbons (Fsp3) is 0.357. The van der Waals surface area contributed by atoms with E-state index in [0.29, 0.717) is 6.54 Å². The van der Waals surface area contributed by atoms with Crippen molar-refractivity contribution in [3.05, 3.63) is 53.7 Å². The largest absolute Gasteiger partial charge is 0.469 e. The van der Waals surface area contributed by atoms with Crippen molar-refractivity contribution < 1.29 is 9.52 Å². The van der Waals surface area contributed by atoms with Crippen molar-refractivity contribution in [3.8, 4) is 0 Å². The van der Waals surface area contributed by atoms with E-state index in [-0.39, 0.29) is 5.92 Å². The lowest BCUT2D eigenvalue weighted by atomic mass is 9.89. The number of hydrogen-bond donors (Lipinski definition) is 2. The molecule has 2 atom stereocenters. The number of nitrogens with zero attached hydrogens (tertiary/aromatic N) is 1. The van der Waals surface area contributed by atoms with E-state index in [9.17, 15) is 5.11 Å². The van der Waals surface area contributed by atoms with Gasteiger partial charge in [0.05, 0.1) is 12.4 Å². The molecular formula is C14H18N2O2. The molecule has 2 aromatic heterocycles. The summed E-state index contributed by atoms with van der Waals surface area (Å²) in [7, 11) is 0. The third kappa shape index (κ3) is 2.44. The molecule has 0 spiro atoms. The summed E-state index contributed by atoms with van der Waals surface area (Å²) in [6, 6.07) is 5.58. The number of aliphatic hydroxyl groups is 1. The van der Waals surface area contributed by atoms with Gasteiger partial charge in [-0.25, -0.2) is 0 Å². The van der Waals surface area contributed by atoms with Gasteiger partial charge in [0.25, 0.3) is 0 Å². The minimum atomic E-state index is -0.647. The molecular weight excluding hydrogens is 228 g/mol. The van der Waals surface area contributed by atoms with Crippen molar-refractivity contribution in [2.45, 2.75) is 25.4 Å². The van der Waals surface area contributed by atoms with Crippen LogP contribution in [0, 0.1) is 0 Å². The lowest BCUT2D eigenvalue weighted by Crippen LogP contribution is -2.20. The monoisotopic (exact) mass is 246 g/mol. The molecule has 2 heterocycles. The minimum Gasteiger partial charge on any atom is -0.469 e. The van der Waals surface area contributed by atoms with Crippen LogP contribution in [0.2, 0.25) is 0 Å². The Kier molecular flexibility index (Phi) is 4.12. The van der Waals surface area contributed by atoms with Gasteiger partial charge < -0.3 is 15.3 Å². The molecule has 0 saturated carbocycles. The van der Waals surface area contributed by atoms with E-state index in [2.05, 4.69) is 4.98 Å². The molecule has 4 heteroatoms. The van der Waals surface area contributed by atoms with Crippen molar-refractivity contribution in [1.29, 1.82) is 0 Å². The fourth-order valence-corrected chi connectivity index (χ4v) is 2.18. The van der Waals surface area contributed by atoms with Gasteiger partial charge in [0.2, 0.25) is 0 Å². The van der Waals surface area contributed by atoms with Crippen LogP contribution in [0.25, 0.3) is 0 Å². The van der Waals surface area contributed by atoms with E-state index in [1.807, 2.05) is 25.1 Å². The van der Waals surface area contributed by atoms with Gasteiger partial charge in [-0.15, -0.1) is 0 Å². The van der Waals surface area contributed by atoms with E-state index in [4.69, 9.17) is 10.2 Å². The van der Waals surface area contributed by atoms with Crippen LogP contribution in [0.4, 0.5) is 0 Å². The molecule has 0 aromatic carbocycles. The molecule has 0 bridgehead atoms. The Morgan fingerprint density at radius 3 is 2.67 bits per heavy atom. The normalized spacial score (nSPS) is 14.4. The molecule has 3 N–H and O–H groups in total. The summed E-state index contributed by atoms with van der Waals surface area (Å²) in [4.78, 5) is 3.98. The predicted molar refractivity (Wildman–Crippen MR) is 69.1 cm³/mol. The van der Waals surface area contributed by atoms with Crippen LogP contribution < -0.4 is 5.73 Å². The van der Waals surface area contributed by atoms with Crippen molar-refractivity contribution in [1.82, 2.24) is 4.98 Å². The van der Waals surface area contributed by atoms with Crippen molar-refractivity contribution in [3.63, 3.8) is 0 Å². The second-order valence-electron chi connectivity index (χ2n) is 4.22. The highest BCUT2D eigenvalue weighted by atomic mass is 16.3. The van der Waals surface area contributed by atoms with Crippen LogP contribution >= 0.6 is 0 Å². The van der Waals surface area contributed by atoms with E-state index in [0.717, 1.165) is 23.3 Å². The molecule has 0 aliphatic heterocycles. The molecule has 2 rings (SSSR count). The number of pyridine rings is 1. The van der Waals surface area contributed by atoms with E-state index >= 15 is 0 Å². The number of aromatic nitrogens is 1. The third-order valence-electron chi connectivity index (χ3n) is 3.19. The van der Waals surface area contributed by atoms with Crippen molar-refractivity contribution >= 4 is 0 Å². The van der Waals surface area contributed by atoms with Gasteiger partial charge in [-0.1, -0.05) is 6.92 Å². The standard InChI is InChI=1S/C14H18N2O2/c1-2-13-11(5-8-18-13)14(17)12(9-15)10-3-6-16-7-4-10/h3-8,12,14,17H,2,9,15H2,1H3. The average molecular weight is 246 g/mol. The summed E-state index contributed by atoms with van der Waals surface area (Å²) < 4.78 is 5.35. The van der Waals surface area contributed by atoms with Gasteiger partial charge in [-0.3, -0.25) is 4.98 Å². The van der Waals surface area contributed by atoms with Crippen LogP contribution in [0.15, 0.2) is 41.3 Å². The molecule has 0 fully saturated rings. The number of hydrogen-bond acceptors (Lipinski definition) is 4. The molecule has 0 aliphatic carbocycles. The van der Waals surface area contributed by atoms with Gasteiger partial charge in [-0.05, 0) is 23.8 Å². The Morgan fingerprint density at radius 1 is 1.33 bits per heavy atom. The SMILES string of the molecule is CCc1occc1C(O)C(CN)c1ccncc1. The topological polar surface area (TPSA) is 72.3 Å². The summed E-state index contributed by atoms with van der Waals surface area (Å²) >= 11 is 0. The maximum absolute atomic E-state index is 10.5. The van der Waals surface area contributed by atoms with E-state index < -0.39 is 6.10 Å². The Bertz CT molecular complexity index is 482. The zero-order valence-corrected chi connectivity index (χ0v) is 10.4. The summed E-state index contributed by atoms with van der Waals surface area (Å²) in [5.41, 5.74) is 7.61. The maximum Gasteiger partial charge on any atom is 0.109 e. The van der Waals surface area contributed by atoms with Crippen LogP contribution in [-0.2, 0) is 6.42 Å². The summed E-state index contributed by atoms with van der Waals surface area (Å²) in [6.07, 6.45) is 5.14. The summed E-state index contributed by atoms with van der Waals surface area (Å²) in [5, 5.41) is 10.5. The highest BCUT2D eigenvalue weighted by Gasteiger charge is 2.24. The predicted octanol–water partition coefficient (Wildman–Crippen LogP) is 2.01.